The van der Waals surface area contributed by atoms with Gasteiger partial charge >= 0.3 is 0 Å². The molecule has 1 unspecified atom stereocenters. The fraction of sp³-hybridized carbons (Fsp3) is 0.300. The second kappa shape index (κ2) is 7.49. The highest BCUT2D eigenvalue weighted by atomic mass is 16.3. The van der Waals surface area contributed by atoms with Crippen LogP contribution in [0.1, 0.15) is 54.5 Å². The van der Waals surface area contributed by atoms with Crippen LogP contribution in [0.25, 0.3) is 11.0 Å². The zero-order valence-corrected chi connectivity index (χ0v) is 14.5. The van der Waals surface area contributed by atoms with E-state index in [4.69, 9.17) is 0 Å². The van der Waals surface area contributed by atoms with Gasteiger partial charge in [-0.2, -0.15) is 0 Å². The van der Waals surface area contributed by atoms with Gasteiger partial charge in [0.25, 0.3) is 5.91 Å². The van der Waals surface area contributed by atoms with Gasteiger partial charge in [0.05, 0.1) is 11.0 Å². The number of benzene rings is 2. The highest BCUT2D eigenvalue weighted by Crippen LogP contribution is 2.20. The summed E-state index contributed by atoms with van der Waals surface area (Å²) in [6, 6.07) is 13.2. The minimum absolute atomic E-state index is 0.142. The molecule has 1 aromatic heterocycles. The third-order valence-corrected chi connectivity index (χ3v) is 4.19. The molecule has 3 aromatic rings. The van der Waals surface area contributed by atoms with Crippen molar-refractivity contribution in [3.05, 3.63) is 59.4 Å². The van der Waals surface area contributed by atoms with E-state index in [0.29, 0.717) is 17.1 Å². The molecule has 3 N–H and O–H groups in total. The zero-order chi connectivity index (χ0) is 17.8. The third-order valence-electron chi connectivity index (χ3n) is 4.19. The van der Waals surface area contributed by atoms with Crippen LogP contribution in [0.5, 0.6) is 0 Å². The molecule has 5 nitrogen and oxygen atoms in total. The number of rotatable bonds is 6. The summed E-state index contributed by atoms with van der Waals surface area (Å²) in [5.74, 6) is 0.373. The van der Waals surface area contributed by atoms with Gasteiger partial charge in [-0.1, -0.05) is 25.5 Å². The van der Waals surface area contributed by atoms with Crippen molar-refractivity contribution in [3.8, 4) is 0 Å². The Hall–Kier alpha value is -2.66. The van der Waals surface area contributed by atoms with E-state index in [-0.39, 0.29) is 5.91 Å². The number of anilines is 1. The zero-order valence-electron chi connectivity index (χ0n) is 14.5. The lowest BCUT2D eigenvalue weighted by Crippen LogP contribution is -2.11. The predicted octanol–water partition coefficient (Wildman–Crippen LogP) is 4.21. The van der Waals surface area contributed by atoms with Crippen molar-refractivity contribution < 1.29 is 9.90 Å². The summed E-state index contributed by atoms with van der Waals surface area (Å²) in [6.07, 6.45) is 2.71. The van der Waals surface area contributed by atoms with E-state index in [1.807, 2.05) is 42.5 Å². The summed E-state index contributed by atoms with van der Waals surface area (Å²) in [4.78, 5) is 19.8. The molecule has 1 atom stereocenters. The molecule has 25 heavy (non-hydrogen) atoms. The Morgan fingerprint density at radius 3 is 2.68 bits per heavy atom. The second-order valence-corrected chi connectivity index (χ2v) is 6.28. The minimum atomic E-state index is -0.656. The maximum Gasteiger partial charge on any atom is 0.255 e. The van der Waals surface area contributed by atoms with E-state index in [1.165, 1.54) is 5.56 Å². The molecule has 3 rings (SSSR count). The molecule has 0 spiro atoms. The topological polar surface area (TPSA) is 78.0 Å². The van der Waals surface area contributed by atoms with Crippen molar-refractivity contribution in [1.82, 2.24) is 9.97 Å². The average Bonchev–Trinajstić information content (AvgIpc) is 3.04. The first-order chi connectivity index (χ1) is 12.1. The number of nitrogens with zero attached hydrogens (tertiary/aromatic N) is 1. The molecule has 0 aliphatic rings. The summed E-state index contributed by atoms with van der Waals surface area (Å²) in [5.41, 5.74) is 4.11. The molecular weight excluding hydrogens is 314 g/mol. The van der Waals surface area contributed by atoms with Crippen LogP contribution in [-0.4, -0.2) is 21.0 Å². The first-order valence-electron chi connectivity index (χ1n) is 8.65. The average molecular weight is 337 g/mol. The smallest absolute Gasteiger partial charge is 0.255 e. The maximum atomic E-state index is 12.4. The molecule has 0 aliphatic heterocycles. The highest BCUT2D eigenvalue weighted by Gasteiger charge is 2.10. The van der Waals surface area contributed by atoms with Gasteiger partial charge in [0.1, 0.15) is 11.9 Å². The number of amides is 1. The van der Waals surface area contributed by atoms with Crippen LogP contribution in [0.2, 0.25) is 0 Å². The molecule has 0 fully saturated rings. The monoisotopic (exact) mass is 337 g/mol. The number of aryl methyl sites for hydroxylation is 1. The SMILES string of the molecule is CCCCc1ccc(C(=O)Nc2ccc3nc(C(C)O)[nH]c3c2)cc1. The number of unbranched alkanes of at least 4 members (excludes halogenated alkanes) is 1. The van der Waals surface area contributed by atoms with Gasteiger partial charge in [0.15, 0.2) is 0 Å². The van der Waals surface area contributed by atoms with E-state index >= 15 is 0 Å². The highest BCUT2D eigenvalue weighted by molar-refractivity contribution is 6.05. The van der Waals surface area contributed by atoms with Crippen LogP contribution in [0.15, 0.2) is 42.5 Å². The number of aromatic nitrogens is 2. The van der Waals surface area contributed by atoms with Gasteiger partial charge in [0.2, 0.25) is 0 Å². The fourth-order valence-electron chi connectivity index (χ4n) is 2.71. The van der Waals surface area contributed by atoms with E-state index in [0.717, 1.165) is 30.3 Å². The molecule has 0 saturated heterocycles. The van der Waals surface area contributed by atoms with Gasteiger partial charge in [-0.25, -0.2) is 4.98 Å². The molecule has 0 saturated carbocycles. The van der Waals surface area contributed by atoms with Crippen molar-refractivity contribution in [2.45, 2.75) is 39.2 Å². The number of aliphatic hydroxyl groups is 1. The number of imidazole rings is 1. The summed E-state index contributed by atoms with van der Waals surface area (Å²) in [6.45, 7) is 3.83. The Labute approximate surface area is 147 Å². The molecule has 1 heterocycles. The van der Waals surface area contributed by atoms with Crippen LogP contribution in [0, 0.1) is 0 Å². The lowest BCUT2D eigenvalue weighted by Gasteiger charge is -2.06. The van der Waals surface area contributed by atoms with E-state index in [2.05, 4.69) is 22.2 Å². The number of aromatic amines is 1. The van der Waals surface area contributed by atoms with Gasteiger partial charge in [0, 0.05) is 11.3 Å². The van der Waals surface area contributed by atoms with Gasteiger partial charge < -0.3 is 15.4 Å². The Morgan fingerprint density at radius 1 is 1.24 bits per heavy atom. The van der Waals surface area contributed by atoms with Crippen LogP contribution in [0.3, 0.4) is 0 Å². The molecule has 2 aromatic carbocycles. The van der Waals surface area contributed by atoms with E-state index < -0.39 is 6.10 Å². The number of aliphatic hydroxyl groups excluding tert-OH is 1. The quantitative estimate of drug-likeness (QED) is 0.630. The lowest BCUT2D eigenvalue weighted by atomic mass is 10.1. The molecular formula is C20H23N3O2. The summed E-state index contributed by atoms with van der Waals surface area (Å²) in [7, 11) is 0. The van der Waals surface area contributed by atoms with E-state index in [1.54, 1.807) is 6.92 Å². The third kappa shape index (κ3) is 4.06. The van der Waals surface area contributed by atoms with Gasteiger partial charge in [-0.15, -0.1) is 0 Å². The Balaban J connectivity index is 1.72. The number of nitrogens with one attached hydrogen (secondary N) is 2. The second-order valence-electron chi connectivity index (χ2n) is 6.28. The number of fused-ring (bicyclic) bond motifs is 1. The largest absolute Gasteiger partial charge is 0.385 e. The van der Waals surface area contributed by atoms with E-state index in [9.17, 15) is 9.90 Å². The van der Waals surface area contributed by atoms with Crippen LogP contribution in [0.4, 0.5) is 5.69 Å². The molecule has 0 bridgehead atoms. The number of carbonyl (C=O) groups is 1. The molecule has 130 valence electrons. The van der Waals surface area contributed by atoms with Crippen LogP contribution < -0.4 is 5.32 Å². The van der Waals surface area contributed by atoms with Crippen molar-refractivity contribution >= 4 is 22.6 Å². The number of hydrogen-bond acceptors (Lipinski definition) is 3. The van der Waals surface area contributed by atoms with Crippen molar-refractivity contribution in [1.29, 1.82) is 0 Å². The fourth-order valence-corrected chi connectivity index (χ4v) is 2.71. The molecule has 0 radical (unpaired) electrons. The standard InChI is InChI=1S/C20H23N3O2/c1-3-4-5-14-6-8-15(9-7-14)20(25)21-16-10-11-17-18(12-16)23-19(22-17)13(2)24/h6-13,24H,3-5H2,1-2H3,(H,21,25)(H,22,23). The summed E-state index contributed by atoms with van der Waals surface area (Å²) in [5, 5.41) is 12.5. The lowest BCUT2D eigenvalue weighted by molar-refractivity contribution is 0.102. The summed E-state index contributed by atoms with van der Waals surface area (Å²) >= 11 is 0. The van der Waals surface area contributed by atoms with Gasteiger partial charge in [-0.05, 0) is 55.7 Å². The minimum Gasteiger partial charge on any atom is -0.385 e. The van der Waals surface area contributed by atoms with Crippen molar-refractivity contribution in [3.63, 3.8) is 0 Å². The summed E-state index contributed by atoms with van der Waals surface area (Å²) < 4.78 is 0. The van der Waals surface area contributed by atoms with Crippen molar-refractivity contribution in [2.75, 3.05) is 5.32 Å². The van der Waals surface area contributed by atoms with Crippen LogP contribution in [-0.2, 0) is 6.42 Å². The first-order valence-corrected chi connectivity index (χ1v) is 8.65. The maximum absolute atomic E-state index is 12.4. The number of carbonyl (C=O) groups excluding carboxylic acids is 1. The molecule has 0 aliphatic carbocycles. The van der Waals surface area contributed by atoms with Crippen molar-refractivity contribution in [2.24, 2.45) is 0 Å². The number of H-pyrrole nitrogens is 1. The molecule has 5 heteroatoms. The Morgan fingerprint density at radius 2 is 2.00 bits per heavy atom. The Kier molecular flexibility index (Phi) is 5.14. The predicted molar refractivity (Wildman–Crippen MR) is 99.7 cm³/mol. The van der Waals surface area contributed by atoms with Gasteiger partial charge in [-0.3, -0.25) is 4.79 Å². The first kappa shape index (κ1) is 17.2. The number of hydrogen-bond donors (Lipinski definition) is 3. The molecule has 1 amide bonds. The normalized spacial score (nSPS) is 12.3. The van der Waals surface area contributed by atoms with Crippen LogP contribution >= 0.6 is 0 Å². The Bertz CT molecular complexity index is 866.